The first-order valence-corrected chi connectivity index (χ1v) is 9.51. The largest absolute Gasteiger partial charge is 0.486 e. The van der Waals surface area contributed by atoms with Gasteiger partial charge in [0.2, 0.25) is 0 Å². The number of hydrogen-bond donors (Lipinski definition) is 0. The van der Waals surface area contributed by atoms with E-state index in [2.05, 4.69) is 31.8 Å². The molecule has 7 nitrogen and oxygen atoms in total. The predicted molar refractivity (Wildman–Crippen MR) is 94.4 cm³/mol. The highest BCUT2D eigenvalue weighted by Gasteiger charge is 2.27. The highest BCUT2D eigenvalue weighted by atomic mass is 16.6. The normalized spacial score (nSPS) is 22.8. The molecule has 0 radical (unpaired) electrons. The van der Waals surface area contributed by atoms with Gasteiger partial charge in [-0.3, -0.25) is 4.90 Å². The summed E-state index contributed by atoms with van der Waals surface area (Å²) in [6, 6.07) is 6.26. The van der Waals surface area contributed by atoms with Gasteiger partial charge in [-0.15, -0.1) is 10.2 Å². The first kappa shape index (κ1) is 16.1. The average molecular weight is 356 g/mol. The number of fused-ring (bicyclic) bond motifs is 2. The Morgan fingerprint density at radius 1 is 1.00 bits per heavy atom. The summed E-state index contributed by atoms with van der Waals surface area (Å²) in [6.45, 7) is 5.89. The zero-order valence-electron chi connectivity index (χ0n) is 14.9. The van der Waals surface area contributed by atoms with Crippen LogP contribution in [0.5, 0.6) is 11.5 Å². The van der Waals surface area contributed by atoms with Crippen LogP contribution in [0.1, 0.15) is 36.2 Å². The van der Waals surface area contributed by atoms with Crippen molar-refractivity contribution >= 4 is 0 Å². The molecule has 1 atom stereocenters. The summed E-state index contributed by atoms with van der Waals surface area (Å²) in [4.78, 5) is 2.47. The number of rotatable bonds is 3. The van der Waals surface area contributed by atoms with Crippen LogP contribution in [0.2, 0.25) is 0 Å². The Morgan fingerprint density at radius 2 is 1.92 bits per heavy atom. The van der Waals surface area contributed by atoms with Gasteiger partial charge in [0.1, 0.15) is 25.1 Å². The van der Waals surface area contributed by atoms with Crippen molar-refractivity contribution in [1.82, 2.24) is 19.7 Å². The molecule has 2 aromatic rings. The molecule has 0 saturated carbocycles. The van der Waals surface area contributed by atoms with Gasteiger partial charge in [-0.1, -0.05) is 6.07 Å². The zero-order chi connectivity index (χ0) is 17.3. The Labute approximate surface area is 152 Å². The van der Waals surface area contributed by atoms with Crippen LogP contribution < -0.4 is 9.47 Å². The number of hydrogen-bond acceptors (Lipinski definition) is 6. The third-order valence-corrected chi connectivity index (χ3v) is 5.38. The standard InChI is InChI=1S/C19H24N4O3/c1-2-16(24-9-1)19-21-20-18-5-6-22(7-8-23(18)19)13-14-3-4-15-17(12-14)26-11-10-25-15/h3-4,12,16H,1-2,5-11,13H2. The van der Waals surface area contributed by atoms with Gasteiger partial charge in [-0.05, 0) is 30.5 Å². The van der Waals surface area contributed by atoms with Crippen LogP contribution >= 0.6 is 0 Å². The van der Waals surface area contributed by atoms with Gasteiger partial charge in [-0.25, -0.2) is 0 Å². The lowest BCUT2D eigenvalue weighted by atomic mass is 10.1. The highest BCUT2D eigenvalue weighted by Crippen LogP contribution is 2.31. The van der Waals surface area contributed by atoms with Crippen molar-refractivity contribution in [3.8, 4) is 11.5 Å². The summed E-state index contributed by atoms with van der Waals surface area (Å²) in [6.07, 6.45) is 3.22. The highest BCUT2D eigenvalue weighted by molar-refractivity contribution is 5.43. The number of nitrogens with zero attached hydrogens (tertiary/aromatic N) is 4. The molecular formula is C19H24N4O3. The lowest BCUT2D eigenvalue weighted by Crippen LogP contribution is -2.27. The quantitative estimate of drug-likeness (QED) is 0.838. The van der Waals surface area contributed by atoms with Crippen LogP contribution in [0.4, 0.5) is 0 Å². The van der Waals surface area contributed by atoms with Crippen LogP contribution in [0.15, 0.2) is 18.2 Å². The third kappa shape index (κ3) is 3.05. The maximum atomic E-state index is 5.82. The van der Waals surface area contributed by atoms with Crippen molar-refractivity contribution in [3.63, 3.8) is 0 Å². The molecule has 26 heavy (non-hydrogen) atoms. The van der Waals surface area contributed by atoms with Crippen molar-refractivity contribution in [1.29, 1.82) is 0 Å². The molecule has 138 valence electrons. The molecular weight excluding hydrogens is 332 g/mol. The van der Waals surface area contributed by atoms with E-state index in [1.807, 2.05) is 6.07 Å². The predicted octanol–water partition coefficient (Wildman–Crippen LogP) is 1.96. The molecule has 1 aromatic heterocycles. The van der Waals surface area contributed by atoms with Gasteiger partial charge >= 0.3 is 0 Å². The fourth-order valence-electron chi connectivity index (χ4n) is 4.01. The Morgan fingerprint density at radius 3 is 2.81 bits per heavy atom. The first-order valence-electron chi connectivity index (χ1n) is 9.51. The molecule has 1 fully saturated rings. The SMILES string of the molecule is c1cc2c(cc1CN1CCc3nnc(C4CCCO4)n3CC1)OCCO2. The summed E-state index contributed by atoms with van der Waals surface area (Å²) < 4.78 is 19.4. The summed E-state index contributed by atoms with van der Waals surface area (Å²) in [5.74, 6) is 3.81. The van der Waals surface area contributed by atoms with Gasteiger partial charge in [0, 0.05) is 39.2 Å². The van der Waals surface area contributed by atoms with Crippen molar-refractivity contribution < 1.29 is 14.2 Å². The van der Waals surface area contributed by atoms with Crippen molar-refractivity contribution in [3.05, 3.63) is 35.4 Å². The molecule has 4 heterocycles. The summed E-state index contributed by atoms with van der Waals surface area (Å²) in [7, 11) is 0. The first-order chi connectivity index (χ1) is 12.9. The van der Waals surface area contributed by atoms with Crippen molar-refractivity contribution in [2.24, 2.45) is 0 Å². The van der Waals surface area contributed by atoms with E-state index in [-0.39, 0.29) is 6.10 Å². The van der Waals surface area contributed by atoms with E-state index in [1.54, 1.807) is 0 Å². The second-order valence-electron chi connectivity index (χ2n) is 7.13. The number of ether oxygens (including phenoxy) is 3. The van der Waals surface area contributed by atoms with Crippen LogP contribution in [0.25, 0.3) is 0 Å². The molecule has 1 unspecified atom stereocenters. The van der Waals surface area contributed by atoms with E-state index in [4.69, 9.17) is 14.2 Å². The average Bonchev–Trinajstić information content (AvgIpc) is 3.29. The van der Waals surface area contributed by atoms with Crippen LogP contribution in [0, 0.1) is 0 Å². The molecule has 0 amide bonds. The van der Waals surface area contributed by atoms with Crippen LogP contribution in [-0.2, 0) is 24.2 Å². The topological polar surface area (TPSA) is 61.6 Å². The summed E-state index contributed by atoms with van der Waals surface area (Å²) >= 11 is 0. The molecule has 0 bridgehead atoms. The van der Waals surface area contributed by atoms with E-state index < -0.39 is 0 Å². The molecule has 0 spiro atoms. The zero-order valence-corrected chi connectivity index (χ0v) is 14.9. The third-order valence-electron chi connectivity index (χ3n) is 5.38. The molecule has 1 aromatic carbocycles. The van der Waals surface area contributed by atoms with Crippen LogP contribution in [-0.4, -0.2) is 52.6 Å². The second kappa shape index (κ2) is 6.89. The Bertz CT molecular complexity index is 785. The van der Waals surface area contributed by atoms with Crippen molar-refractivity contribution in [2.45, 2.75) is 38.5 Å². The van der Waals surface area contributed by atoms with Crippen LogP contribution in [0.3, 0.4) is 0 Å². The maximum Gasteiger partial charge on any atom is 0.162 e. The number of benzene rings is 1. The molecule has 0 aliphatic carbocycles. The molecule has 5 rings (SSSR count). The van der Waals surface area contributed by atoms with E-state index in [9.17, 15) is 0 Å². The summed E-state index contributed by atoms with van der Waals surface area (Å²) in [5, 5.41) is 8.85. The minimum Gasteiger partial charge on any atom is -0.486 e. The Balaban J connectivity index is 1.28. The van der Waals surface area contributed by atoms with Gasteiger partial charge in [0.25, 0.3) is 0 Å². The minimum absolute atomic E-state index is 0.126. The fourth-order valence-corrected chi connectivity index (χ4v) is 4.01. The Kier molecular flexibility index (Phi) is 4.26. The second-order valence-corrected chi connectivity index (χ2v) is 7.13. The lowest BCUT2D eigenvalue weighted by molar-refractivity contribution is 0.101. The van der Waals surface area contributed by atoms with Gasteiger partial charge in [-0.2, -0.15) is 0 Å². The smallest absolute Gasteiger partial charge is 0.162 e. The van der Waals surface area contributed by atoms with E-state index >= 15 is 0 Å². The van der Waals surface area contributed by atoms with Gasteiger partial charge < -0.3 is 18.8 Å². The van der Waals surface area contributed by atoms with E-state index in [1.165, 1.54) is 5.56 Å². The maximum absolute atomic E-state index is 5.82. The lowest BCUT2D eigenvalue weighted by Gasteiger charge is -2.22. The molecule has 3 aliphatic rings. The minimum atomic E-state index is 0.126. The monoisotopic (exact) mass is 356 g/mol. The van der Waals surface area contributed by atoms with Crippen molar-refractivity contribution in [2.75, 3.05) is 32.9 Å². The molecule has 3 aliphatic heterocycles. The molecule has 0 N–H and O–H groups in total. The van der Waals surface area contributed by atoms with E-state index in [0.29, 0.717) is 13.2 Å². The van der Waals surface area contributed by atoms with Gasteiger partial charge in [0.15, 0.2) is 17.3 Å². The molecule has 1 saturated heterocycles. The number of aromatic nitrogens is 3. The Hall–Kier alpha value is -2.12. The summed E-state index contributed by atoms with van der Waals surface area (Å²) in [5.41, 5.74) is 1.26. The molecule has 7 heteroatoms. The fraction of sp³-hybridized carbons (Fsp3) is 0.579. The van der Waals surface area contributed by atoms with E-state index in [0.717, 1.165) is 75.2 Å². The van der Waals surface area contributed by atoms with Gasteiger partial charge in [0.05, 0.1) is 0 Å².